The smallest absolute Gasteiger partial charge is 0.405 e. The third-order valence-corrected chi connectivity index (χ3v) is 3.16. The van der Waals surface area contributed by atoms with E-state index in [0.717, 1.165) is 5.56 Å². The van der Waals surface area contributed by atoms with E-state index in [9.17, 15) is 22.8 Å². The van der Waals surface area contributed by atoms with Gasteiger partial charge in [-0.2, -0.15) is 13.2 Å². The molecule has 0 bridgehead atoms. The van der Waals surface area contributed by atoms with Crippen molar-refractivity contribution >= 4 is 11.9 Å². The maximum Gasteiger partial charge on any atom is 0.405 e. The molecule has 26 heavy (non-hydrogen) atoms. The Morgan fingerprint density at radius 2 is 1.62 bits per heavy atom. The summed E-state index contributed by atoms with van der Waals surface area (Å²) in [6.45, 7) is -2.08. The molecule has 0 saturated carbocycles. The zero-order valence-electron chi connectivity index (χ0n) is 13.6. The number of esters is 1. The molecule has 8 heteroatoms. The lowest BCUT2D eigenvalue weighted by molar-refractivity contribution is -0.140. The maximum absolute atomic E-state index is 12.1. The number of hydrogen-bond acceptors (Lipinski definition) is 4. The first-order chi connectivity index (χ1) is 12.3. The highest BCUT2D eigenvalue weighted by Gasteiger charge is 2.28. The van der Waals surface area contributed by atoms with Crippen LogP contribution in [0.25, 0.3) is 0 Å². The van der Waals surface area contributed by atoms with E-state index in [-0.39, 0.29) is 17.9 Å². The second kappa shape index (κ2) is 8.89. The van der Waals surface area contributed by atoms with Crippen LogP contribution in [0, 0.1) is 0 Å². The number of benzene rings is 2. The summed E-state index contributed by atoms with van der Waals surface area (Å²) in [4.78, 5) is 23.4. The van der Waals surface area contributed by atoms with Crippen LogP contribution in [0.1, 0.15) is 15.9 Å². The molecular weight excluding hydrogens is 351 g/mol. The molecular formula is C18H16F3NO4. The molecule has 2 aromatic rings. The zero-order chi connectivity index (χ0) is 19.0. The van der Waals surface area contributed by atoms with Crippen molar-refractivity contribution in [1.82, 2.24) is 5.32 Å². The summed E-state index contributed by atoms with van der Waals surface area (Å²) in [5.41, 5.74) is 0.967. The lowest BCUT2D eigenvalue weighted by Crippen LogP contribution is -2.36. The molecule has 0 aliphatic rings. The van der Waals surface area contributed by atoms with Crippen LogP contribution in [0.5, 0.6) is 5.75 Å². The number of amides is 1. The first-order valence-corrected chi connectivity index (χ1v) is 7.61. The lowest BCUT2D eigenvalue weighted by Gasteiger charge is -2.12. The molecule has 0 heterocycles. The van der Waals surface area contributed by atoms with Gasteiger partial charge in [-0.15, -0.1) is 0 Å². The van der Waals surface area contributed by atoms with Crippen LogP contribution >= 0.6 is 0 Å². The quantitative estimate of drug-likeness (QED) is 0.764. The minimum atomic E-state index is -4.53. The second-order valence-electron chi connectivity index (χ2n) is 5.24. The van der Waals surface area contributed by atoms with Crippen molar-refractivity contribution in [3.05, 3.63) is 65.7 Å². The Labute approximate surface area is 147 Å². The normalized spacial score (nSPS) is 10.9. The predicted molar refractivity (Wildman–Crippen MR) is 86.6 cm³/mol. The van der Waals surface area contributed by atoms with E-state index in [0.29, 0.717) is 0 Å². The third kappa shape index (κ3) is 6.46. The molecule has 138 valence electrons. The lowest BCUT2D eigenvalue weighted by atomic mass is 10.2. The first-order valence-electron chi connectivity index (χ1n) is 7.61. The second-order valence-corrected chi connectivity index (χ2v) is 5.24. The predicted octanol–water partition coefficient (Wildman–Crippen LogP) is 3.10. The molecule has 0 atom stereocenters. The van der Waals surface area contributed by atoms with Gasteiger partial charge in [-0.3, -0.25) is 4.79 Å². The van der Waals surface area contributed by atoms with Crippen molar-refractivity contribution in [1.29, 1.82) is 0 Å². The van der Waals surface area contributed by atoms with Crippen molar-refractivity contribution in [2.75, 3.05) is 13.2 Å². The van der Waals surface area contributed by atoms with Gasteiger partial charge in [0.2, 0.25) is 0 Å². The van der Waals surface area contributed by atoms with Crippen molar-refractivity contribution in [3.63, 3.8) is 0 Å². The highest BCUT2D eigenvalue weighted by Crippen LogP contribution is 2.20. The van der Waals surface area contributed by atoms with E-state index in [1.165, 1.54) is 6.07 Å². The molecule has 0 unspecified atom stereocenters. The number of rotatable bonds is 7. The zero-order valence-corrected chi connectivity index (χ0v) is 13.6. The van der Waals surface area contributed by atoms with Crippen LogP contribution in [-0.4, -0.2) is 31.2 Å². The summed E-state index contributed by atoms with van der Waals surface area (Å²) in [5, 5.41) is 1.62. The van der Waals surface area contributed by atoms with Crippen molar-refractivity contribution < 1.29 is 32.2 Å². The fourth-order valence-electron chi connectivity index (χ4n) is 1.96. The van der Waals surface area contributed by atoms with Gasteiger partial charge < -0.3 is 14.8 Å². The van der Waals surface area contributed by atoms with E-state index in [2.05, 4.69) is 0 Å². The Kier molecular flexibility index (Phi) is 6.60. The van der Waals surface area contributed by atoms with Gasteiger partial charge in [0.25, 0.3) is 5.91 Å². The number of carbonyl (C=O) groups excluding carboxylic acids is 2. The highest BCUT2D eigenvalue weighted by atomic mass is 19.4. The van der Waals surface area contributed by atoms with Gasteiger partial charge in [0.15, 0.2) is 6.61 Å². The molecule has 0 aliphatic heterocycles. The molecule has 2 rings (SSSR count). The summed E-state index contributed by atoms with van der Waals surface area (Å²) >= 11 is 0. The molecule has 0 spiro atoms. The summed E-state index contributed by atoms with van der Waals surface area (Å²) in [5.74, 6) is -1.66. The number of halogens is 3. The highest BCUT2D eigenvalue weighted by molar-refractivity contribution is 5.93. The number of alkyl halides is 3. The standard InChI is InChI=1S/C18H16F3NO4/c19-18(20,21)12-22-16(23)11-26-17(24)14-8-4-5-9-15(14)25-10-13-6-2-1-3-7-13/h1-9H,10-12H2,(H,22,23). The van der Waals surface area contributed by atoms with Gasteiger partial charge in [0.1, 0.15) is 24.5 Å². The van der Waals surface area contributed by atoms with Gasteiger partial charge in [-0.25, -0.2) is 4.79 Å². The SMILES string of the molecule is O=C(COC(=O)c1ccccc1OCc1ccccc1)NCC(F)(F)F. The Morgan fingerprint density at radius 1 is 0.962 bits per heavy atom. The van der Waals surface area contributed by atoms with E-state index in [1.807, 2.05) is 30.3 Å². The summed E-state index contributed by atoms with van der Waals surface area (Å²) in [6, 6.07) is 15.5. The number of nitrogens with one attached hydrogen (secondary N) is 1. The molecule has 0 radical (unpaired) electrons. The van der Waals surface area contributed by atoms with Gasteiger partial charge in [0, 0.05) is 0 Å². The molecule has 1 N–H and O–H groups in total. The first kappa shape index (κ1) is 19.3. The van der Waals surface area contributed by atoms with Gasteiger partial charge in [-0.1, -0.05) is 42.5 Å². The average molecular weight is 367 g/mol. The summed E-state index contributed by atoms with van der Waals surface area (Å²) in [6.07, 6.45) is -4.53. The molecule has 0 aromatic heterocycles. The van der Waals surface area contributed by atoms with Gasteiger partial charge >= 0.3 is 12.1 Å². The Hall–Kier alpha value is -3.03. The number of hydrogen-bond donors (Lipinski definition) is 1. The molecule has 5 nitrogen and oxygen atoms in total. The summed E-state index contributed by atoms with van der Waals surface area (Å²) < 4.78 is 46.4. The fourth-order valence-corrected chi connectivity index (χ4v) is 1.96. The monoisotopic (exact) mass is 367 g/mol. The van der Waals surface area contributed by atoms with Crippen LogP contribution in [-0.2, 0) is 16.1 Å². The number of para-hydroxylation sites is 1. The number of ether oxygens (including phenoxy) is 2. The van der Waals surface area contributed by atoms with Gasteiger partial charge in [-0.05, 0) is 17.7 Å². The third-order valence-electron chi connectivity index (χ3n) is 3.16. The van der Waals surface area contributed by atoms with E-state index < -0.39 is 31.2 Å². The van der Waals surface area contributed by atoms with Crippen LogP contribution < -0.4 is 10.1 Å². The summed E-state index contributed by atoms with van der Waals surface area (Å²) in [7, 11) is 0. The largest absolute Gasteiger partial charge is 0.488 e. The maximum atomic E-state index is 12.1. The topological polar surface area (TPSA) is 64.6 Å². The Balaban J connectivity index is 1.91. The molecule has 0 aliphatic carbocycles. The average Bonchev–Trinajstić information content (AvgIpc) is 2.63. The minimum absolute atomic E-state index is 0.0760. The minimum Gasteiger partial charge on any atom is -0.488 e. The number of carbonyl (C=O) groups is 2. The van der Waals surface area contributed by atoms with Crippen LogP contribution in [0.4, 0.5) is 13.2 Å². The Bertz CT molecular complexity index is 748. The van der Waals surface area contributed by atoms with E-state index in [1.54, 1.807) is 23.5 Å². The molecule has 0 saturated heterocycles. The molecule has 1 amide bonds. The molecule has 2 aromatic carbocycles. The van der Waals surface area contributed by atoms with Crippen molar-refractivity contribution in [3.8, 4) is 5.75 Å². The van der Waals surface area contributed by atoms with Crippen molar-refractivity contribution in [2.24, 2.45) is 0 Å². The fraction of sp³-hybridized carbons (Fsp3) is 0.222. The Morgan fingerprint density at radius 3 is 2.31 bits per heavy atom. The van der Waals surface area contributed by atoms with Gasteiger partial charge in [0.05, 0.1) is 0 Å². The van der Waals surface area contributed by atoms with E-state index >= 15 is 0 Å². The van der Waals surface area contributed by atoms with Crippen molar-refractivity contribution in [2.45, 2.75) is 12.8 Å². The van der Waals surface area contributed by atoms with Crippen LogP contribution in [0.2, 0.25) is 0 Å². The van der Waals surface area contributed by atoms with E-state index in [4.69, 9.17) is 9.47 Å². The molecule has 0 fully saturated rings. The van der Waals surface area contributed by atoms with Crippen LogP contribution in [0.3, 0.4) is 0 Å². The van der Waals surface area contributed by atoms with Crippen LogP contribution in [0.15, 0.2) is 54.6 Å².